The number of aromatic amines is 1. The molecule has 0 aliphatic carbocycles. The molecule has 0 radical (unpaired) electrons. The Morgan fingerprint density at radius 3 is 2.64 bits per heavy atom. The number of aryl methyl sites for hydroxylation is 1. The molecular weight excluding hydrogens is 302 g/mol. The fourth-order valence-electron chi connectivity index (χ4n) is 2.31. The van der Waals surface area contributed by atoms with E-state index in [9.17, 15) is 9.59 Å². The number of carbonyl (C=O) groups is 2. The number of rotatable bonds is 4. The monoisotopic (exact) mass is 317 g/mol. The van der Waals surface area contributed by atoms with Gasteiger partial charge < -0.3 is 4.98 Å². The smallest absolute Gasteiger partial charge is 0.288 e. The molecular formula is C16H16ClN3O2. The maximum absolute atomic E-state index is 12.1. The minimum atomic E-state index is -0.397. The Labute approximate surface area is 133 Å². The van der Waals surface area contributed by atoms with Crippen molar-refractivity contribution in [1.29, 1.82) is 0 Å². The van der Waals surface area contributed by atoms with Gasteiger partial charge in [0.15, 0.2) is 5.78 Å². The van der Waals surface area contributed by atoms with E-state index in [4.69, 9.17) is 11.6 Å². The molecule has 0 atom stereocenters. The lowest BCUT2D eigenvalue weighted by Gasteiger charge is -1.99. The van der Waals surface area contributed by atoms with Crippen LogP contribution in [0.4, 0.5) is 0 Å². The van der Waals surface area contributed by atoms with Crippen molar-refractivity contribution in [2.24, 2.45) is 5.10 Å². The number of aromatic nitrogens is 1. The molecule has 5 nitrogen and oxygen atoms in total. The SMILES string of the molecule is CC(=O)c1c(C)[nH]c(C(=O)N/N=C/c2cccc(Cl)c2)c1C. The van der Waals surface area contributed by atoms with Gasteiger partial charge in [0.2, 0.25) is 0 Å². The quantitative estimate of drug-likeness (QED) is 0.516. The lowest BCUT2D eigenvalue weighted by atomic mass is 10.1. The van der Waals surface area contributed by atoms with Crippen molar-refractivity contribution in [2.45, 2.75) is 20.8 Å². The second-order valence-corrected chi connectivity index (χ2v) is 5.37. The van der Waals surface area contributed by atoms with Gasteiger partial charge in [0.1, 0.15) is 5.69 Å². The molecule has 0 fully saturated rings. The van der Waals surface area contributed by atoms with Crippen LogP contribution in [-0.4, -0.2) is 22.9 Å². The van der Waals surface area contributed by atoms with E-state index in [-0.39, 0.29) is 5.78 Å². The lowest BCUT2D eigenvalue weighted by Crippen LogP contribution is -2.19. The molecule has 1 heterocycles. The molecule has 2 N–H and O–H groups in total. The Morgan fingerprint density at radius 2 is 2.05 bits per heavy atom. The van der Waals surface area contributed by atoms with Crippen molar-refractivity contribution in [2.75, 3.05) is 0 Å². The molecule has 0 spiro atoms. The Balaban J connectivity index is 2.13. The van der Waals surface area contributed by atoms with Gasteiger partial charge in [0, 0.05) is 16.3 Å². The maximum atomic E-state index is 12.1. The largest absolute Gasteiger partial charge is 0.354 e. The van der Waals surface area contributed by atoms with Gasteiger partial charge in [-0.05, 0) is 44.0 Å². The molecule has 1 amide bonds. The van der Waals surface area contributed by atoms with Gasteiger partial charge in [0.05, 0.1) is 6.21 Å². The first-order chi connectivity index (χ1) is 10.4. The predicted molar refractivity (Wildman–Crippen MR) is 86.8 cm³/mol. The predicted octanol–water partition coefficient (Wildman–Crippen LogP) is 3.25. The number of hydrogen-bond donors (Lipinski definition) is 2. The average molecular weight is 318 g/mol. The van der Waals surface area contributed by atoms with Crippen molar-refractivity contribution in [3.8, 4) is 0 Å². The Morgan fingerprint density at radius 1 is 1.32 bits per heavy atom. The van der Waals surface area contributed by atoms with Gasteiger partial charge in [-0.15, -0.1) is 0 Å². The highest BCUT2D eigenvalue weighted by atomic mass is 35.5. The van der Waals surface area contributed by atoms with Crippen LogP contribution in [0.25, 0.3) is 0 Å². The standard InChI is InChI=1S/C16H16ClN3O2/c1-9-14(11(3)21)10(2)19-15(9)16(22)20-18-8-12-5-4-6-13(17)7-12/h4-8,19H,1-3H3,(H,20,22)/b18-8+. The molecule has 1 aromatic carbocycles. The third-order valence-corrected chi connectivity index (χ3v) is 3.48. The Kier molecular flexibility index (Phi) is 4.78. The summed E-state index contributed by atoms with van der Waals surface area (Å²) in [6, 6.07) is 7.10. The summed E-state index contributed by atoms with van der Waals surface area (Å²) >= 11 is 5.87. The van der Waals surface area contributed by atoms with Crippen LogP contribution in [-0.2, 0) is 0 Å². The van der Waals surface area contributed by atoms with Gasteiger partial charge in [-0.2, -0.15) is 5.10 Å². The van der Waals surface area contributed by atoms with Gasteiger partial charge in [-0.25, -0.2) is 5.43 Å². The summed E-state index contributed by atoms with van der Waals surface area (Å²) in [4.78, 5) is 26.6. The highest BCUT2D eigenvalue weighted by Crippen LogP contribution is 2.18. The fourth-order valence-corrected chi connectivity index (χ4v) is 2.51. The highest BCUT2D eigenvalue weighted by Gasteiger charge is 2.19. The summed E-state index contributed by atoms with van der Waals surface area (Å²) in [5.74, 6) is -0.473. The molecule has 114 valence electrons. The van der Waals surface area contributed by atoms with Crippen LogP contribution < -0.4 is 5.43 Å². The number of carbonyl (C=O) groups excluding carboxylic acids is 2. The second kappa shape index (κ2) is 6.58. The third kappa shape index (κ3) is 3.43. The molecule has 0 bridgehead atoms. The number of nitrogens with zero attached hydrogens (tertiary/aromatic N) is 1. The summed E-state index contributed by atoms with van der Waals surface area (Å²) in [6.07, 6.45) is 1.50. The van der Waals surface area contributed by atoms with Crippen molar-refractivity contribution >= 4 is 29.5 Å². The van der Waals surface area contributed by atoms with Crippen LogP contribution in [0, 0.1) is 13.8 Å². The number of hydrazone groups is 1. The topological polar surface area (TPSA) is 74.3 Å². The van der Waals surface area contributed by atoms with E-state index in [1.165, 1.54) is 13.1 Å². The zero-order valence-corrected chi connectivity index (χ0v) is 13.3. The minimum Gasteiger partial charge on any atom is -0.354 e. The van der Waals surface area contributed by atoms with E-state index in [0.29, 0.717) is 27.5 Å². The summed E-state index contributed by atoms with van der Waals surface area (Å²) < 4.78 is 0. The molecule has 2 aromatic rings. The Bertz CT molecular complexity index is 763. The highest BCUT2D eigenvalue weighted by molar-refractivity contribution is 6.30. The minimum absolute atomic E-state index is 0.0762. The molecule has 0 aliphatic heterocycles. The van der Waals surface area contributed by atoms with E-state index in [1.807, 2.05) is 6.07 Å². The summed E-state index contributed by atoms with van der Waals surface area (Å²) in [5, 5.41) is 4.49. The van der Waals surface area contributed by atoms with Crippen LogP contribution in [0.2, 0.25) is 5.02 Å². The third-order valence-electron chi connectivity index (χ3n) is 3.25. The van der Waals surface area contributed by atoms with Gasteiger partial charge >= 0.3 is 0 Å². The molecule has 22 heavy (non-hydrogen) atoms. The zero-order valence-electron chi connectivity index (χ0n) is 12.5. The molecule has 6 heteroatoms. The van der Waals surface area contributed by atoms with Crippen molar-refractivity contribution in [1.82, 2.24) is 10.4 Å². The Hall–Kier alpha value is -2.40. The van der Waals surface area contributed by atoms with E-state index >= 15 is 0 Å². The lowest BCUT2D eigenvalue weighted by molar-refractivity contribution is 0.0950. The molecule has 0 saturated heterocycles. The number of hydrogen-bond acceptors (Lipinski definition) is 3. The molecule has 0 unspecified atom stereocenters. The van der Waals surface area contributed by atoms with E-state index in [2.05, 4.69) is 15.5 Å². The number of amides is 1. The molecule has 0 aliphatic rings. The van der Waals surface area contributed by atoms with E-state index < -0.39 is 5.91 Å². The number of Topliss-reactive ketones (excluding diaryl/α,β-unsaturated/α-hetero) is 1. The number of H-pyrrole nitrogens is 1. The first-order valence-electron chi connectivity index (χ1n) is 6.69. The van der Waals surface area contributed by atoms with Crippen molar-refractivity contribution < 1.29 is 9.59 Å². The first-order valence-corrected chi connectivity index (χ1v) is 7.07. The average Bonchev–Trinajstić information content (AvgIpc) is 2.74. The van der Waals surface area contributed by atoms with E-state index in [1.54, 1.807) is 32.0 Å². The van der Waals surface area contributed by atoms with Gasteiger partial charge in [0.25, 0.3) is 5.91 Å². The van der Waals surface area contributed by atoms with Crippen LogP contribution >= 0.6 is 11.6 Å². The maximum Gasteiger partial charge on any atom is 0.288 e. The second-order valence-electron chi connectivity index (χ2n) is 4.94. The number of nitrogens with one attached hydrogen (secondary N) is 2. The van der Waals surface area contributed by atoms with Crippen molar-refractivity contribution in [3.63, 3.8) is 0 Å². The van der Waals surface area contributed by atoms with Crippen LogP contribution in [0.5, 0.6) is 0 Å². The fraction of sp³-hybridized carbons (Fsp3) is 0.188. The molecule has 2 rings (SSSR count). The number of ketones is 1. The first kappa shape index (κ1) is 16.0. The van der Waals surface area contributed by atoms with E-state index in [0.717, 1.165) is 5.56 Å². The molecule has 0 saturated carbocycles. The van der Waals surface area contributed by atoms with Gasteiger partial charge in [-0.1, -0.05) is 23.7 Å². The summed E-state index contributed by atoms with van der Waals surface area (Å²) in [5.41, 5.74) is 5.39. The van der Waals surface area contributed by atoms with Crippen LogP contribution in [0.1, 0.15) is 44.6 Å². The summed E-state index contributed by atoms with van der Waals surface area (Å²) in [6.45, 7) is 4.97. The van der Waals surface area contributed by atoms with Gasteiger partial charge in [-0.3, -0.25) is 9.59 Å². The van der Waals surface area contributed by atoms with Crippen LogP contribution in [0.3, 0.4) is 0 Å². The zero-order chi connectivity index (χ0) is 16.3. The number of halogens is 1. The summed E-state index contributed by atoms with van der Waals surface area (Å²) in [7, 11) is 0. The van der Waals surface area contributed by atoms with Crippen molar-refractivity contribution in [3.05, 3.63) is 57.4 Å². The molecule has 1 aromatic heterocycles. The normalized spacial score (nSPS) is 10.9. The van der Waals surface area contributed by atoms with Crippen LogP contribution in [0.15, 0.2) is 29.4 Å². The number of benzene rings is 1.